The second-order valence-electron chi connectivity index (χ2n) is 9.06. The Morgan fingerprint density at radius 2 is 1.94 bits per heavy atom. The number of benzene rings is 2. The molecule has 1 atom stereocenters. The van der Waals surface area contributed by atoms with Crippen molar-refractivity contribution in [2.75, 3.05) is 23.3 Å². The largest absolute Gasteiger partial charge is 0.481 e. The number of aromatic nitrogens is 2. The van der Waals surface area contributed by atoms with E-state index in [0.717, 1.165) is 48.3 Å². The first-order valence-corrected chi connectivity index (χ1v) is 12.6. The highest BCUT2D eigenvalue weighted by Gasteiger charge is 2.22. The van der Waals surface area contributed by atoms with Crippen molar-refractivity contribution in [2.24, 2.45) is 0 Å². The lowest BCUT2D eigenvalue weighted by Gasteiger charge is -2.34. The molecule has 2 heterocycles. The number of hydrogen-bond acceptors (Lipinski definition) is 7. The molecule has 8 nitrogen and oxygen atoms in total. The predicted molar refractivity (Wildman–Crippen MR) is 142 cm³/mol. The summed E-state index contributed by atoms with van der Waals surface area (Å²) in [7, 11) is 0. The number of ether oxygens (including phenoxy) is 1. The number of nitrogens with zero attached hydrogens (tertiary/aromatic N) is 4. The number of halogens is 1. The van der Waals surface area contributed by atoms with Crippen LogP contribution in [0.3, 0.4) is 0 Å². The quantitative estimate of drug-likeness (QED) is 0.381. The zero-order chi connectivity index (χ0) is 25.8. The van der Waals surface area contributed by atoms with Gasteiger partial charge in [0.15, 0.2) is 0 Å². The third kappa shape index (κ3) is 5.77. The van der Waals surface area contributed by atoms with Crippen LogP contribution in [0.15, 0.2) is 47.1 Å². The first-order chi connectivity index (χ1) is 17.2. The van der Waals surface area contributed by atoms with Crippen LogP contribution in [0, 0.1) is 25.2 Å². The first-order valence-electron chi connectivity index (χ1n) is 11.8. The van der Waals surface area contributed by atoms with Gasteiger partial charge in [0, 0.05) is 24.8 Å². The van der Waals surface area contributed by atoms with Crippen LogP contribution in [0.1, 0.15) is 47.9 Å². The van der Waals surface area contributed by atoms with Gasteiger partial charge < -0.3 is 20.1 Å². The Hall–Kier alpha value is -3.64. The second-order valence-corrected chi connectivity index (χ2v) is 9.91. The molecule has 1 unspecified atom stereocenters. The average molecular weight is 550 g/mol. The van der Waals surface area contributed by atoms with Crippen LogP contribution in [0.2, 0.25) is 0 Å². The molecule has 2 aromatic carbocycles. The van der Waals surface area contributed by atoms with E-state index in [0.29, 0.717) is 27.6 Å². The lowest BCUT2D eigenvalue weighted by Crippen LogP contribution is -2.39. The van der Waals surface area contributed by atoms with Gasteiger partial charge in [0.1, 0.15) is 5.75 Å². The molecule has 1 saturated heterocycles. The number of piperidine rings is 1. The number of aliphatic carboxylic acids is 1. The Labute approximate surface area is 219 Å². The van der Waals surface area contributed by atoms with Gasteiger partial charge in [-0.2, -0.15) is 10.2 Å². The summed E-state index contributed by atoms with van der Waals surface area (Å²) >= 11 is 3.48. The van der Waals surface area contributed by atoms with Crippen molar-refractivity contribution in [3.8, 4) is 17.7 Å². The van der Waals surface area contributed by atoms with Gasteiger partial charge >= 0.3 is 5.97 Å². The molecule has 0 aliphatic carbocycles. The molecule has 0 spiro atoms. The number of nitriles is 1. The average Bonchev–Trinajstić information content (AvgIpc) is 2.87. The van der Waals surface area contributed by atoms with Crippen LogP contribution in [-0.4, -0.2) is 40.2 Å². The maximum atomic E-state index is 11.4. The predicted octanol–water partition coefficient (Wildman–Crippen LogP) is 5.79. The van der Waals surface area contributed by atoms with Gasteiger partial charge in [0.05, 0.1) is 28.2 Å². The lowest BCUT2D eigenvalue weighted by molar-refractivity contribution is -0.138. The van der Waals surface area contributed by atoms with Crippen LogP contribution in [0.25, 0.3) is 0 Å². The molecule has 0 saturated carbocycles. The topological polar surface area (TPSA) is 111 Å². The molecule has 4 rings (SSSR count). The molecule has 1 aliphatic heterocycles. The fourth-order valence-corrected chi connectivity index (χ4v) is 4.64. The number of aryl methyl sites for hydroxylation is 2. The van der Waals surface area contributed by atoms with Crippen LogP contribution < -0.4 is 15.0 Å². The van der Waals surface area contributed by atoms with Crippen molar-refractivity contribution in [1.29, 1.82) is 5.26 Å². The first kappa shape index (κ1) is 25.5. The number of anilines is 2. The van der Waals surface area contributed by atoms with E-state index in [2.05, 4.69) is 42.2 Å². The van der Waals surface area contributed by atoms with Crippen molar-refractivity contribution >= 4 is 33.5 Å². The smallest absolute Gasteiger partial charge is 0.310 e. The Bertz CT molecular complexity index is 1290. The Balaban J connectivity index is 1.41. The van der Waals surface area contributed by atoms with Gasteiger partial charge in [-0.15, -0.1) is 0 Å². The molecule has 36 heavy (non-hydrogen) atoms. The van der Waals surface area contributed by atoms with Gasteiger partial charge in [0.2, 0.25) is 11.8 Å². The van der Waals surface area contributed by atoms with E-state index < -0.39 is 11.9 Å². The number of carbonyl (C=O) groups is 1. The van der Waals surface area contributed by atoms with Crippen molar-refractivity contribution < 1.29 is 14.6 Å². The maximum Gasteiger partial charge on any atom is 0.310 e. The highest BCUT2D eigenvalue weighted by Crippen LogP contribution is 2.33. The molecule has 1 aliphatic rings. The number of carboxylic acids is 1. The standard InChI is InChI=1S/C27H28BrN5O3/c1-16-11-19(14-29)12-17(2)24(16)36-25-23(28)15-30-27(32-25)31-21-7-9-33(10-8-21)22-6-4-5-20(13-22)18(3)26(34)35/h4-6,11-13,15,18,21H,7-10H2,1-3H3,(H,34,35)(H,30,31,32). The molecular formula is C27H28BrN5O3. The molecular weight excluding hydrogens is 522 g/mol. The molecule has 0 amide bonds. The zero-order valence-corrected chi connectivity index (χ0v) is 22.0. The molecule has 1 aromatic heterocycles. The van der Waals surface area contributed by atoms with E-state index >= 15 is 0 Å². The third-order valence-corrected chi connectivity index (χ3v) is 6.98. The van der Waals surface area contributed by atoms with E-state index in [-0.39, 0.29) is 6.04 Å². The Morgan fingerprint density at radius 3 is 2.58 bits per heavy atom. The number of rotatable bonds is 7. The summed E-state index contributed by atoms with van der Waals surface area (Å²) in [5.41, 5.74) is 4.17. The minimum Gasteiger partial charge on any atom is -0.481 e. The highest BCUT2D eigenvalue weighted by atomic mass is 79.9. The second kappa shape index (κ2) is 11.0. The van der Waals surface area contributed by atoms with Crippen molar-refractivity contribution in [2.45, 2.75) is 45.6 Å². The summed E-state index contributed by atoms with van der Waals surface area (Å²) in [5.74, 6) is 0.217. The van der Waals surface area contributed by atoms with E-state index in [1.165, 1.54) is 0 Å². The van der Waals surface area contributed by atoms with Gasteiger partial charge in [-0.1, -0.05) is 12.1 Å². The van der Waals surface area contributed by atoms with Crippen LogP contribution in [0.4, 0.5) is 11.6 Å². The van der Waals surface area contributed by atoms with Crippen molar-refractivity contribution in [3.63, 3.8) is 0 Å². The molecule has 9 heteroatoms. The van der Waals surface area contributed by atoms with Crippen LogP contribution >= 0.6 is 15.9 Å². The van der Waals surface area contributed by atoms with Crippen LogP contribution in [0.5, 0.6) is 11.6 Å². The minimum atomic E-state index is -0.822. The number of nitrogens with one attached hydrogen (secondary N) is 1. The molecule has 186 valence electrons. The van der Waals surface area contributed by atoms with Gasteiger partial charge in [-0.05, 0) is 90.5 Å². The summed E-state index contributed by atoms with van der Waals surface area (Å²) in [6.45, 7) is 7.20. The van der Waals surface area contributed by atoms with Gasteiger partial charge in [-0.25, -0.2) is 4.98 Å². The van der Waals surface area contributed by atoms with E-state index in [9.17, 15) is 15.2 Å². The summed E-state index contributed by atoms with van der Waals surface area (Å²) in [6, 6.07) is 13.7. The fourth-order valence-electron chi connectivity index (χ4n) is 4.36. The lowest BCUT2D eigenvalue weighted by atomic mass is 9.99. The Kier molecular flexibility index (Phi) is 7.75. The maximum absolute atomic E-state index is 11.4. The number of carboxylic acid groups (broad SMARTS) is 1. The molecule has 2 N–H and O–H groups in total. The normalized spacial score (nSPS) is 14.7. The molecule has 1 fully saturated rings. The third-order valence-electron chi connectivity index (χ3n) is 6.43. The van der Waals surface area contributed by atoms with E-state index in [1.54, 1.807) is 25.3 Å². The van der Waals surface area contributed by atoms with Crippen LogP contribution in [-0.2, 0) is 4.79 Å². The highest BCUT2D eigenvalue weighted by molar-refractivity contribution is 9.10. The zero-order valence-electron chi connectivity index (χ0n) is 20.5. The summed E-state index contributed by atoms with van der Waals surface area (Å²) in [6.07, 6.45) is 3.45. The molecule has 0 radical (unpaired) electrons. The summed E-state index contributed by atoms with van der Waals surface area (Å²) in [5, 5.41) is 21.9. The minimum absolute atomic E-state index is 0.204. The van der Waals surface area contributed by atoms with Crippen molar-refractivity contribution in [1.82, 2.24) is 9.97 Å². The monoisotopic (exact) mass is 549 g/mol. The van der Waals surface area contributed by atoms with Gasteiger partial charge in [0.25, 0.3) is 0 Å². The fraction of sp³-hybridized carbons (Fsp3) is 0.333. The van der Waals surface area contributed by atoms with E-state index in [1.807, 2.05) is 38.1 Å². The number of hydrogen-bond donors (Lipinski definition) is 2. The van der Waals surface area contributed by atoms with Crippen molar-refractivity contribution in [3.05, 3.63) is 69.3 Å². The summed E-state index contributed by atoms with van der Waals surface area (Å²) < 4.78 is 6.77. The van der Waals surface area contributed by atoms with E-state index in [4.69, 9.17) is 4.74 Å². The summed E-state index contributed by atoms with van der Waals surface area (Å²) in [4.78, 5) is 22.6. The molecule has 0 bridgehead atoms. The Morgan fingerprint density at radius 1 is 1.25 bits per heavy atom. The van der Waals surface area contributed by atoms with Gasteiger partial charge in [-0.3, -0.25) is 4.79 Å². The molecule has 3 aromatic rings. The SMILES string of the molecule is Cc1cc(C#N)cc(C)c1Oc1nc(NC2CCN(c3cccc(C(C)C(=O)O)c3)CC2)ncc1Br.